The third-order valence-electron chi connectivity index (χ3n) is 8.10. The Labute approximate surface area is 240 Å². The lowest BCUT2D eigenvalue weighted by molar-refractivity contribution is -0.170. The summed E-state index contributed by atoms with van der Waals surface area (Å²) in [6.45, 7) is 1.94. The molecule has 2 aromatic carbocycles. The lowest BCUT2D eigenvalue weighted by atomic mass is 9.71. The number of aromatic nitrogens is 1. The molecule has 1 heterocycles. The zero-order valence-electron chi connectivity index (χ0n) is 23.5. The van der Waals surface area contributed by atoms with Crippen LogP contribution in [0.3, 0.4) is 0 Å². The first kappa shape index (κ1) is 32.6. The number of aliphatic carboxylic acids is 3. The van der Waals surface area contributed by atoms with Crippen molar-refractivity contribution >= 4 is 28.8 Å². The van der Waals surface area contributed by atoms with Crippen molar-refractivity contribution in [2.75, 3.05) is 14.1 Å². The molecular weight excluding hydrogens is 557 g/mol. The number of aliphatic hydroxyl groups is 1. The van der Waals surface area contributed by atoms with Gasteiger partial charge in [0.05, 0.1) is 18.4 Å². The van der Waals surface area contributed by atoms with E-state index < -0.39 is 48.1 Å². The van der Waals surface area contributed by atoms with Gasteiger partial charge in [0.1, 0.15) is 0 Å². The van der Waals surface area contributed by atoms with Gasteiger partial charge in [0.25, 0.3) is 0 Å². The molecule has 0 atom stereocenters. The van der Waals surface area contributed by atoms with Gasteiger partial charge < -0.3 is 25.4 Å². The fraction of sp³-hybridized carbons (Fsp3) is 0.433. The summed E-state index contributed by atoms with van der Waals surface area (Å²) < 4.78 is 39.3. The molecule has 9 nitrogen and oxygen atoms in total. The normalized spacial score (nSPS) is 19.3. The molecule has 0 unspecified atom stereocenters. The van der Waals surface area contributed by atoms with Crippen LogP contribution in [0.15, 0.2) is 48.5 Å². The van der Waals surface area contributed by atoms with Crippen LogP contribution in [0, 0.1) is 6.92 Å². The maximum atomic E-state index is 13.1. The van der Waals surface area contributed by atoms with Gasteiger partial charge in [-0.2, -0.15) is 13.2 Å². The second kappa shape index (κ2) is 12.5. The van der Waals surface area contributed by atoms with E-state index in [2.05, 4.69) is 48.2 Å². The highest BCUT2D eigenvalue weighted by Gasteiger charge is 2.41. The highest BCUT2D eigenvalue weighted by molar-refractivity contribution is 5.88. The average molecular weight is 593 g/mol. The molecule has 1 aliphatic rings. The molecule has 0 spiro atoms. The molecule has 1 aromatic heterocycles. The summed E-state index contributed by atoms with van der Waals surface area (Å²) in [6, 6.07) is 14.6. The first-order valence-corrected chi connectivity index (χ1v) is 13.3. The highest BCUT2D eigenvalue weighted by Crippen LogP contribution is 2.47. The van der Waals surface area contributed by atoms with E-state index in [1.165, 1.54) is 11.6 Å². The second-order valence-electron chi connectivity index (χ2n) is 11.0. The van der Waals surface area contributed by atoms with Crippen molar-refractivity contribution in [2.45, 2.75) is 68.7 Å². The highest BCUT2D eigenvalue weighted by atomic mass is 19.4. The van der Waals surface area contributed by atoms with E-state index in [4.69, 9.17) is 20.4 Å². The van der Waals surface area contributed by atoms with E-state index in [1.807, 2.05) is 13.0 Å². The van der Waals surface area contributed by atoms with Crippen molar-refractivity contribution in [3.8, 4) is 0 Å². The van der Waals surface area contributed by atoms with Crippen molar-refractivity contribution in [2.24, 2.45) is 0 Å². The van der Waals surface area contributed by atoms with Crippen LogP contribution in [0.4, 0.5) is 13.2 Å². The third kappa shape index (κ3) is 7.11. The fourth-order valence-electron chi connectivity index (χ4n) is 5.77. The van der Waals surface area contributed by atoms with Gasteiger partial charge in [-0.05, 0) is 81.9 Å². The number of carboxylic acids is 3. The van der Waals surface area contributed by atoms with E-state index in [0.717, 1.165) is 48.5 Å². The van der Waals surface area contributed by atoms with Crippen LogP contribution >= 0.6 is 0 Å². The lowest BCUT2D eigenvalue weighted by Crippen LogP contribution is -2.44. The van der Waals surface area contributed by atoms with Gasteiger partial charge in [-0.1, -0.05) is 30.3 Å². The van der Waals surface area contributed by atoms with Gasteiger partial charge in [-0.3, -0.25) is 14.5 Å². The van der Waals surface area contributed by atoms with Gasteiger partial charge in [-0.15, -0.1) is 0 Å². The van der Waals surface area contributed by atoms with Gasteiger partial charge >= 0.3 is 24.1 Å². The average Bonchev–Trinajstić information content (AvgIpc) is 3.23. The SMILES string of the molecule is Cc1c(C2CCC(c3ccccc3)(N(C)C)CC2)[nH]c2ccc(C(F)(F)F)cc12.O=C(O)CC(O)(CC(=O)O)C(=O)O. The van der Waals surface area contributed by atoms with Crippen LogP contribution in [0.25, 0.3) is 10.9 Å². The number of carboxylic acid groups (broad SMARTS) is 3. The fourth-order valence-corrected chi connectivity index (χ4v) is 5.77. The number of carbonyl (C=O) groups is 3. The minimum Gasteiger partial charge on any atom is -0.481 e. The van der Waals surface area contributed by atoms with Gasteiger partial charge in [-0.25, -0.2) is 4.79 Å². The largest absolute Gasteiger partial charge is 0.481 e. The van der Waals surface area contributed by atoms with E-state index in [1.54, 1.807) is 6.07 Å². The molecule has 228 valence electrons. The minimum absolute atomic E-state index is 0.0150. The molecule has 0 bridgehead atoms. The molecule has 1 fully saturated rings. The summed E-state index contributed by atoms with van der Waals surface area (Å²) >= 11 is 0. The summed E-state index contributed by atoms with van der Waals surface area (Å²) in [7, 11) is 4.28. The summed E-state index contributed by atoms with van der Waals surface area (Å²) in [4.78, 5) is 36.2. The van der Waals surface area contributed by atoms with E-state index in [9.17, 15) is 27.6 Å². The minimum atomic E-state index is -4.32. The zero-order chi connectivity index (χ0) is 31.5. The van der Waals surface area contributed by atoms with Gasteiger partial charge in [0, 0.05) is 22.1 Å². The van der Waals surface area contributed by atoms with Gasteiger partial charge in [0.15, 0.2) is 5.60 Å². The molecule has 12 heteroatoms. The number of aromatic amines is 1. The molecule has 0 amide bonds. The van der Waals surface area contributed by atoms with Crippen LogP contribution < -0.4 is 0 Å². The Hall–Kier alpha value is -3.90. The summed E-state index contributed by atoms with van der Waals surface area (Å²) in [5.74, 6) is -4.68. The second-order valence-corrected chi connectivity index (χ2v) is 11.0. The quantitative estimate of drug-likeness (QED) is 0.235. The van der Waals surface area contributed by atoms with Crippen molar-refractivity contribution in [3.63, 3.8) is 0 Å². The Morgan fingerprint density at radius 3 is 1.95 bits per heavy atom. The Morgan fingerprint density at radius 2 is 1.50 bits per heavy atom. The summed E-state index contributed by atoms with van der Waals surface area (Å²) in [5, 5.41) is 34.5. The molecule has 0 aliphatic heterocycles. The molecule has 4 rings (SSSR count). The van der Waals surface area contributed by atoms with Crippen LogP contribution in [0.1, 0.15) is 66.8 Å². The lowest BCUT2D eigenvalue weighted by Gasteiger charge is -2.45. The molecule has 3 aromatic rings. The Bertz CT molecular complexity index is 1410. The van der Waals surface area contributed by atoms with Crippen LogP contribution in [-0.4, -0.2) is 67.9 Å². The number of H-pyrrole nitrogens is 1. The van der Waals surface area contributed by atoms with Crippen molar-refractivity contribution in [1.82, 2.24) is 9.88 Å². The molecule has 1 aliphatic carbocycles. The Balaban J connectivity index is 0.000000316. The number of benzene rings is 2. The molecule has 1 saturated carbocycles. The predicted octanol–water partition coefficient (Wildman–Crippen LogP) is 5.36. The Morgan fingerprint density at radius 1 is 0.952 bits per heavy atom. The first-order valence-electron chi connectivity index (χ1n) is 13.3. The topological polar surface area (TPSA) is 151 Å². The smallest absolute Gasteiger partial charge is 0.416 e. The monoisotopic (exact) mass is 592 g/mol. The zero-order valence-corrected chi connectivity index (χ0v) is 23.5. The molecule has 5 N–H and O–H groups in total. The van der Waals surface area contributed by atoms with Crippen molar-refractivity contribution < 1.29 is 48.0 Å². The summed E-state index contributed by atoms with van der Waals surface area (Å²) in [6.07, 6.45) is -2.54. The standard InChI is InChI=1S/C24H27F3N2.C6H8O7/c1-16-20-15-19(24(25,26)27)9-10-21(20)28-22(16)17-11-13-23(14-12-17,29(2)3)18-7-5-4-6-8-18;7-3(8)1-6(13,5(11)12)2-4(9)10/h4-10,15,17,28H,11-14H2,1-3H3;13H,1-2H2,(H,7,8)(H,9,10)(H,11,12). The maximum absolute atomic E-state index is 13.1. The summed E-state index contributed by atoms with van der Waals surface area (Å²) in [5.41, 5.74) is 0.870. The maximum Gasteiger partial charge on any atom is 0.416 e. The van der Waals surface area contributed by atoms with Gasteiger partial charge in [0.2, 0.25) is 0 Å². The molecule has 0 saturated heterocycles. The first-order chi connectivity index (χ1) is 19.5. The number of halogens is 3. The molecule has 42 heavy (non-hydrogen) atoms. The molecule has 0 radical (unpaired) electrons. The van der Waals surface area contributed by atoms with E-state index in [-0.39, 0.29) is 5.54 Å². The number of rotatable bonds is 8. The van der Waals surface area contributed by atoms with Crippen LogP contribution in [0.2, 0.25) is 0 Å². The van der Waals surface area contributed by atoms with Crippen molar-refractivity contribution in [1.29, 1.82) is 0 Å². The number of aryl methyl sites for hydroxylation is 1. The van der Waals surface area contributed by atoms with Crippen LogP contribution in [0.5, 0.6) is 0 Å². The number of nitrogens with one attached hydrogen (secondary N) is 1. The number of alkyl halides is 3. The van der Waals surface area contributed by atoms with Crippen molar-refractivity contribution in [3.05, 3.63) is 70.9 Å². The van der Waals surface area contributed by atoms with E-state index >= 15 is 0 Å². The Kier molecular flexibility index (Phi) is 9.74. The predicted molar refractivity (Wildman–Crippen MR) is 148 cm³/mol. The number of nitrogens with zero attached hydrogens (tertiary/aromatic N) is 1. The number of hydrogen-bond donors (Lipinski definition) is 5. The number of hydrogen-bond acceptors (Lipinski definition) is 5. The molecular formula is C30H35F3N2O7. The van der Waals surface area contributed by atoms with E-state index in [0.29, 0.717) is 11.3 Å². The number of fused-ring (bicyclic) bond motifs is 1. The third-order valence-corrected chi connectivity index (χ3v) is 8.10. The van der Waals surface area contributed by atoms with Crippen LogP contribution in [-0.2, 0) is 26.1 Å².